The fourth-order valence-electron chi connectivity index (χ4n) is 1.11. The summed E-state index contributed by atoms with van der Waals surface area (Å²) in [5.41, 5.74) is 1.28. The first-order valence-corrected chi connectivity index (χ1v) is 6.35. The Morgan fingerprint density at radius 2 is 2.47 bits per heavy atom. The fraction of sp³-hybridized carbons (Fsp3) is 0.400. The van der Waals surface area contributed by atoms with Crippen molar-refractivity contribution in [3.8, 4) is 6.07 Å². The predicted octanol–water partition coefficient (Wildman–Crippen LogP) is 1.13. The van der Waals surface area contributed by atoms with Crippen LogP contribution in [0.1, 0.15) is 12.1 Å². The van der Waals surface area contributed by atoms with Gasteiger partial charge < -0.3 is 5.32 Å². The topological polar surface area (TPSA) is 65.8 Å². The zero-order chi connectivity index (χ0) is 11.1. The van der Waals surface area contributed by atoms with Crippen LogP contribution in [0, 0.1) is 11.3 Å². The Kier molecular flexibility index (Phi) is 4.78. The lowest BCUT2D eigenvalue weighted by molar-refractivity contribution is 0.685. The average Bonchev–Trinajstić information content (AvgIpc) is 2.24. The van der Waals surface area contributed by atoms with Crippen LogP contribution < -0.4 is 5.32 Å². The van der Waals surface area contributed by atoms with E-state index in [-0.39, 0.29) is 0 Å². The second-order valence-electron chi connectivity index (χ2n) is 3.10. The van der Waals surface area contributed by atoms with E-state index in [1.54, 1.807) is 18.5 Å². The Morgan fingerprint density at radius 3 is 3.13 bits per heavy atom. The molecule has 1 N–H and O–H groups in total. The maximum absolute atomic E-state index is 10.8. The van der Waals surface area contributed by atoms with Crippen LogP contribution in [0.2, 0.25) is 0 Å². The largest absolute Gasteiger partial charge is 0.385 e. The Hall–Kier alpha value is -1.41. The van der Waals surface area contributed by atoms with Gasteiger partial charge in [-0.25, -0.2) is 4.98 Å². The molecular formula is C10H13N3OS. The zero-order valence-electron chi connectivity index (χ0n) is 8.56. The third-order valence-corrected chi connectivity index (χ3v) is 2.68. The Balaban J connectivity index is 2.38. The molecule has 0 spiro atoms. The molecule has 0 aliphatic rings. The quantitative estimate of drug-likeness (QED) is 0.760. The zero-order valence-corrected chi connectivity index (χ0v) is 9.38. The van der Waals surface area contributed by atoms with E-state index in [9.17, 15) is 4.21 Å². The third-order valence-electron chi connectivity index (χ3n) is 1.81. The van der Waals surface area contributed by atoms with Crippen LogP contribution in [0.5, 0.6) is 0 Å². The molecule has 0 amide bonds. The standard InChI is InChI=1S/C10H13N3OS/c1-15(14)6-2-4-12-9-3-5-13-10(7-9)8-11/h3,5,7H,2,4,6H2,1H3,(H,12,13). The van der Waals surface area contributed by atoms with E-state index in [4.69, 9.17) is 5.26 Å². The number of nitrogens with zero attached hydrogens (tertiary/aromatic N) is 2. The summed E-state index contributed by atoms with van der Waals surface area (Å²) in [7, 11) is -0.734. The lowest BCUT2D eigenvalue weighted by Crippen LogP contribution is -2.06. The van der Waals surface area contributed by atoms with Gasteiger partial charge in [0.15, 0.2) is 0 Å². The lowest BCUT2D eigenvalue weighted by Gasteiger charge is -2.04. The summed E-state index contributed by atoms with van der Waals surface area (Å²) in [5.74, 6) is 0.698. The number of nitriles is 1. The van der Waals surface area contributed by atoms with Gasteiger partial charge in [-0.15, -0.1) is 0 Å². The van der Waals surface area contributed by atoms with E-state index >= 15 is 0 Å². The summed E-state index contributed by atoms with van der Waals surface area (Å²) in [6.45, 7) is 0.758. The van der Waals surface area contributed by atoms with Gasteiger partial charge in [0, 0.05) is 41.2 Å². The summed E-state index contributed by atoms with van der Waals surface area (Å²) >= 11 is 0. The molecule has 0 aliphatic heterocycles. The van der Waals surface area contributed by atoms with Gasteiger partial charge in [0.2, 0.25) is 0 Å². The number of hydrogen-bond donors (Lipinski definition) is 1. The van der Waals surface area contributed by atoms with Crippen LogP contribution in [0.15, 0.2) is 18.3 Å². The van der Waals surface area contributed by atoms with Crippen LogP contribution >= 0.6 is 0 Å². The van der Waals surface area contributed by atoms with Crippen LogP contribution in [0.4, 0.5) is 5.69 Å². The van der Waals surface area contributed by atoms with Crippen molar-refractivity contribution in [1.82, 2.24) is 4.98 Å². The van der Waals surface area contributed by atoms with Gasteiger partial charge in [0.1, 0.15) is 11.8 Å². The first kappa shape index (κ1) is 11.7. The molecule has 1 aromatic heterocycles. The Morgan fingerprint density at radius 1 is 1.67 bits per heavy atom. The highest BCUT2D eigenvalue weighted by Gasteiger charge is 1.96. The molecule has 1 aromatic rings. The van der Waals surface area contributed by atoms with E-state index in [2.05, 4.69) is 10.3 Å². The number of nitrogens with one attached hydrogen (secondary N) is 1. The Labute approximate surface area is 91.8 Å². The van der Waals surface area contributed by atoms with Gasteiger partial charge >= 0.3 is 0 Å². The summed E-state index contributed by atoms with van der Waals surface area (Å²) in [5, 5.41) is 11.8. The molecule has 0 saturated heterocycles. The van der Waals surface area contributed by atoms with Gasteiger partial charge in [-0.3, -0.25) is 4.21 Å². The molecule has 0 aromatic carbocycles. The molecule has 0 radical (unpaired) electrons. The second kappa shape index (κ2) is 6.14. The van der Waals surface area contributed by atoms with Crippen molar-refractivity contribution in [2.24, 2.45) is 0 Å². The van der Waals surface area contributed by atoms with E-state index in [0.717, 1.165) is 18.7 Å². The van der Waals surface area contributed by atoms with Gasteiger partial charge in [-0.1, -0.05) is 0 Å². The molecule has 0 aliphatic carbocycles. The molecule has 4 nitrogen and oxygen atoms in total. The fourth-order valence-corrected chi connectivity index (χ4v) is 1.66. The summed E-state index contributed by atoms with van der Waals surface area (Å²) < 4.78 is 10.8. The molecule has 1 atom stereocenters. The average molecular weight is 223 g/mol. The van der Waals surface area contributed by atoms with Crippen molar-refractivity contribution >= 4 is 16.5 Å². The first-order chi connectivity index (χ1) is 7.22. The molecule has 0 bridgehead atoms. The molecule has 1 rings (SSSR count). The molecule has 0 saturated carbocycles. The SMILES string of the molecule is CS(=O)CCCNc1ccnc(C#N)c1. The number of hydrogen-bond acceptors (Lipinski definition) is 4. The molecule has 1 unspecified atom stereocenters. The van der Waals surface area contributed by atoms with Crippen molar-refractivity contribution < 1.29 is 4.21 Å². The van der Waals surface area contributed by atoms with Crippen LogP contribution in [0.3, 0.4) is 0 Å². The Bertz CT molecular complexity index is 386. The molecule has 0 fully saturated rings. The highest BCUT2D eigenvalue weighted by atomic mass is 32.2. The van der Waals surface area contributed by atoms with Crippen LogP contribution in [0.25, 0.3) is 0 Å². The van der Waals surface area contributed by atoms with Crippen molar-refractivity contribution in [3.05, 3.63) is 24.0 Å². The summed E-state index contributed by atoms with van der Waals surface area (Å²) in [4.78, 5) is 3.86. The minimum absolute atomic E-state index is 0.402. The van der Waals surface area contributed by atoms with E-state index < -0.39 is 10.8 Å². The maximum Gasteiger partial charge on any atom is 0.142 e. The molecule has 1 heterocycles. The van der Waals surface area contributed by atoms with Crippen molar-refractivity contribution in [2.75, 3.05) is 23.9 Å². The molecular weight excluding hydrogens is 210 g/mol. The lowest BCUT2D eigenvalue weighted by atomic mass is 10.3. The molecule has 5 heteroatoms. The van der Waals surface area contributed by atoms with Crippen molar-refractivity contribution in [3.63, 3.8) is 0 Å². The highest BCUT2D eigenvalue weighted by molar-refractivity contribution is 7.84. The third kappa shape index (κ3) is 4.56. The van der Waals surface area contributed by atoms with Crippen LogP contribution in [-0.4, -0.2) is 27.7 Å². The molecule has 80 valence electrons. The predicted molar refractivity (Wildman–Crippen MR) is 61.0 cm³/mol. The van der Waals surface area contributed by atoms with Gasteiger partial charge in [0.25, 0.3) is 0 Å². The van der Waals surface area contributed by atoms with E-state index in [0.29, 0.717) is 11.4 Å². The van der Waals surface area contributed by atoms with E-state index in [1.807, 2.05) is 12.1 Å². The first-order valence-electron chi connectivity index (χ1n) is 4.62. The second-order valence-corrected chi connectivity index (χ2v) is 4.65. The van der Waals surface area contributed by atoms with Crippen molar-refractivity contribution in [2.45, 2.75) is 6.42 Å². The van der Waals surface area contributed by atoms with Crippen LogP contribution in [-0.2, 0) is 10.8 Å². The van der Waals surface area contributed by atoms with Crippen molar-refractivity contribution in [1.29, 1.82) is 5.26 Å². The minimum atomic E-state index is -0.734. The highest BCUT2D eigenvalue weighted by Crippen LogP contribution is 2.06. The minimum Gasteiger partial charge on any atom is -0.385 e. The number of rotatable bonds is 5. The van der Waals surface area contributed by atoms with E-state index in [1.165, 1.54) is 0 Å². The maximum atomic E-state index is 10.8. The normalized spacial score (nSPS) is 11.7. The number of anilines is 1. The number of aromatic nitrogens is 1. The van der Waals surface area contributed by atoms with Gasteiger partial charge in [-0.2, -0.15) is 5.26 Å². The monoisotopic (exact) mass is 223 g/mol. The van der Waals surface area contributed by atoms with Gasteiger partial charge in [0.05, 0.1) is 0 Å². The smallest absolute Gasteiger partial charge is 0.142 e. The summed E-state index contributed by atoms with van der Waals surface area (Å²) in [6.07, 6.45) is 4.15. The number of pyridine rings is 1. The van der Waals surface area contributed by atoms with Gasteiger partial charge in [-0.05, 0) is 18.6 Å². The summed E-state index contributed by atoms with van der Waals surface area (Å²) in [6, 6.07) is 5.48. The molecule has 15 heavy (non-hydrogen) atoms.